The van der Waals surface area contributed by atoms with Crippen molar-refractivity contribution in [2.75, 3.05) is 5.32 Å². The summed E-state index contributed by atoms with van der Waals surface area (Å²) in [6, 6.07) is 0.191. The minimum Gasteiger partial charge on any atom is -0.351 e. The molecule has 4 nitrogen and oxygen atoms in total. The predicted molar refractivity (Wildman–Crippen MR) is 63.5 cm³/mol. The van der Waals surface area contributed by atoms with Gasteiger partial charge < -0.3 is 5.32 Å². The Balaban J connectivity index is 2.06. The highest BCUT2D eigenvalue weighted by molar-refractivity contribution is 7.15. The molecule has 1 N–H and O–H groups in total. The molecule has 0 radical (unpaired) electrons. The number of aryl methyl sites for hydroxylation is 2. The third-order valence-electron chi connectivity index (χ3n) is 1.87. The van der Waals surface area contributed by atoms with Gasteiger partial charge in [0.2, 0.25) is 5.13 Å². The first-order valence-electron chi connectivity index (χ1n) is 4.64. The molecule has 0 fully saturated rings. The van der Waals surface area contributed by atoms with Crippen molar-refractivity contribution in [1.29, 1.82) is 0 Å². The second-order valence-electron chi connectivity index (χ2n) is 3.32. The molecule has 15 heavy (non-hydrogen) atoms. The summed E-state index contributed by atoms with van der Waals surface area (Å²) >= 11 is 3.23. The molecule has 0 saturated carbocycles. The van der Waals surface area contributed by atoms with Crippen molar-refractivity contribution in [2.45, 2.75) is 26.8 Å². The van der Waals surface area contributed by atoms with E-state index in [4.69, 9.17) is 0 Å². The van der Waals surface area contributed by atoms with Gasteiger partial charge in [0.25, 0.3) is 0 Å². The maximum atomic E-state index is 4.43. The smallest absolute Gasteiger partial charge is 0.206 e. The summed E-state index contributed by atoms with van der Waals surface area (Å²) in [6.45, 7) is 6.03. The molecule has 0 aliphatic heterocycles. The number of aromatic nitrogens is 3. The highest BCUT2D eigenvalue weighted by atomic mass is 32.1. The Bertz CT molecular complexity index is 448. The van der Waals surface area contributed by atoms with E-state index in [1.54, 1.807) is 22.7 Å². The van der Waals surface area contributed by atoms with Gasteiger partial charge in [-0.1, -0.05) is 11.3 Å². The molecular weight excluding hydrogens is 228 g/mol. The van der Waals surface area contributed by atoms with E-state index in [1.807, 2.05) is 13.8 Å². The average Bonchev–Trinajstić information content (AvgIpc) is 2.75. The highest BCUT2D eigenvalue weighted by Gasteiger charge is 2.11. The van der Waals surface area contributed by atoms with Crippen LogP contribution in [0.4, 0.5) is 5.13 Å². The minimum absolute atomic E-state index is 0.191. The van der Waals surface area contributed by atoms with Crippen molar-refractivity contribution >= 4 is 27.8 Å². The third-order valence-corrected chi connectivity index (χ3v) is 3.79. The van der Waals surface area contributed by atoms with Gasteiger partial charge in [0.1, 0.15) is 10.0 Å². The number of nitrogens with one attached hydrogen (secondary N) is 1. The summed E-state index contributed by atoms with van der Waals surface area (Å²) in [5.41, 5.74) is 1.07. The molecule has 0 aliphatic rings. The fraction of sp³-hybridized carbons (Fsp3) is 0.444. The van der Waals surface area contributed by atoms with Crippen molar-refractivity contribution in [1.82, 2.24) is 15.2 Å². The van der Waals surface area contributed by atoms with Gasteiger partial charge in [0.05, 0.1) is 6.04 Å². The summed E-state index contributed by atoms with van der Waals surface area (Å²) < 4.78 is 0. The van der Waals surface area contributed by atoms with E-state index in [9.17, 15) is 0 Å². The number of anilines is 1. The second-order valence-corrected chi connectivity index (χ2v) is 5.39. The Hall–Kier alpha value is -1.01. The van der Waals surface area contributed by atoms with Crippen LogP contribution >= 0.6 is 22.7 Å². The summed E-state index contributed by atoms with van der Waals surface area (Å²) in [7, 11) is 0. The van der Waals surface area contributed by atoms with Gasteiger partial charge in [-0.3, -0.25) is 0 Å². The maximum absolute atomic E-state index is 4.43. The largest absolute Gasteiger partial charge is 0.351 e. The molecule has 2 rings (SSSR count). The van der Waals surface area contributed by atoms with E-state index in [-0.39, 0.29) is 6.04 Å². The Morgan fingerprint density at radius 1 is 1.33 bits per heavy atom. The molecule has 0 spiro atoms. The lowest BCUT2D eigenvalue weighted by Gasteiger charge is -2.08. The van der Waals surface area contributed by atoms with Crippen LogP contribution in [0.25, 0.3) is 0 Å². The molecule has 0 amide bonds. The fourth-order valence-corrected chi connectivity index (χ4v) is 2.66. The molecule has 80 valence electrons. The zero-order valence-electron chi connectivity index (χ0n) is 8.81. The lowest BCUT2D eigenvalue weighted by molar-refractivity contribution is 0.854. The van der Waals surface area contributed by atoms with E-state index in [0.29, 0.717) is 0 Å². The summed E-state index contributed by atoms with van der Waals surface area (Å²) in [4.78, 5) is 4.43. The van der Waals surface area contributed by atoms with Crippen LogP contribution in [-0.2, 0) is 0 Å². The van der Waals surface area contributed by atoms with E-state index < -0.39 is 0 Å². The van der Waals surface area contributed by atoms with Crippen molar-refractivity contribution in [3.63, 3.8) is 0 Å². The number of hydrogen-bond donors (Lipinski definition) is 1. The molecule has 2 aromatic rings. The Labute approximate surface area is 96.4 Å². The van der Waals surface area contributed by atoms with Crippen LogP contribution in [-0.4, -0.2) is 15.2 Å². The molecule has 0 aromatic carbocycles. The van der Waals surface area contributed by atoms with E-state index in [1.165, 1.54) is 0 Å². The molecule has 1 unspecified atom stereocenters. The fourth-order valence-electron chi connectivity index (χ4n) is 1.17. The van der Waals surface area contributed by atoms with Crippen LogP contribution in [0.3, 0.4) is 0 Å². The van der Waals surface area contributed by atoms with E-state index >= 15 is 0 Å². The van der Waals surface area contributed by atoms with Crippen LogP contribution in [0.1, 0.15) is 28.7 Å². The van der Waals surface area contributed by atoms with Gasteiger partial charge in [-0.05, 0) is 20.8 Å². The lowest BCUT2D eigenvalue weighted by Crippen LogP contribution is -2.05. The van der Waals surface area contributed by atoms with Gasteiger partial charge in [-0.2, -0.15) is 0 Å². The normalized spacial score (nSPS) is 12.7. The SMILES string of the molecule is Cc1csc(C(C)Nc2nnc(C)s2)n1. The van der Waals surface area contributed by atoms with Crippen LogP contribution in [0.15, 0.2) is 5.38 Å². The Morgan fingerprint density at radius 3 is 2.67 bits per heavy atom. The van der Waals surface area contributed by atoms with Crippen LogP contribution in [0.2, 0.25) is 0 Å². The molecule has 2 heterocycles. The van der Waals surface area contributed by atoms with Gasteiger partial charge in [0.15, 0.2) is 0 Å². The first-order valence-corrected chi connectivity index (χ1v) is 6.33. The second kappa shape index (κ2) is 4.24. The van der Waals surface area contributed by atoms with Crippen molar-refractivity contribution in [3.05, 3.63) is 21.1 Å². The van der Waals surface area contributed by atoms with E-state index in [2.05, 4.69) is 32.8 Å². The molecule has 0 bridgehead atoms. The molecule has 2 aromatic heterocycles. The first-order chi connectivity index (χ1) is 7.15. The number of nitrogens with zero attached hydrogens (tertiary/aromatic N) is 3. The van der Waals surface area contributed by atoms with Crippen molar-refractivity contribution in [3.8, 4) is 0 Å². The summed E-state index contributed by atoms with van der Waals surface area (Å²) in [5, 5.41) is 16.2. The first kappa shape index (κ1) is 10.5. The lowest BCUT2D eigenvalue weighted by atomic mass is 10.4. The monoisotopic (exact) mass is 240 g/mol. The van der Waals surface area contributed by atoms with Crippen molar-refractivity contribution in [2.24, 2.45) is 0 Å². The predicted octanol–water partition coefficient (Wildman–Crippen LogP) is 2.78. The summed E-state index contributed by atoms with van der Waals surface area (Å²) in [5.74, 6) is 0. The van der Waals surface area contributed by atoms with Gasteiger partial charge in [0, 0.05) is 11.1 Å². The molecule has 0 aliphatic carbocycles. The Morgan fingerprint density at radius 2 is 2.13 bits per heavy atom. The van der Waals surface area contributed by atoms with Gasteiger partial charge >= 0.3 is 0 Å². The standard InChI is InChI=1S/C9H12N4S2/c1-5-4-14-8(10-5)6(2)11-9-13-12-7(3)15-9/h4,6H,1-3H3,(H,11,13). The third kappa shape index (κ3) is 2.51. The van der Waals surface area contributed by atoms with Crippen LogP contribution in [0, 0.1) is 13.8 Å². The average molecular weight is 240 g/mol. The topological polar surface area (TPSA) is 50.7 Å². The highest BCUT2D eigenvalue weighted by Crippen LogP contribution is 2.23. The molecule has 6 heteroatoms. The zero-order chi connectivity index (χ0) is 10.8. The number of rotatable bonds is 3. The quantitative estimate of drug-likeness (QED) is 0.896. The van der Waals surface area contributed by atoms with Crippen molar-refractivity contribution < 1.29 is 0 Å². The maximum Gasteiger partial charge on any atom is 0.206 e. The van der Waals surface area contributed by atoms with Gasteiger partial charge in [-0.25, -0.2) is 4.98 Å². The van der Waals surface area contributed by atoms with Crippen LogP contribution < -0.4 is 5.32 Å². The van der Waals surface area contributed by atoms with Crippen LogP contribution in [0.5, 0.6) is 0 Å². The van der Waals surface area contributed by atoms with E-state index in [0.717, 1.165) is 20.8 Å². The molecular formula is C9H12N4S2. The van der Waals surface area contributed by atoms with Gasteiger partial charge in [-0.15, -0.1) is 21.5 Å². The Kier molecular flexibility index (Phi) is 2.97. The summed E-state index contributed by atoms with van der Waals surface area (Å²) in [6.07, 6.45) is 0. The number of thiazole rings is 1. The minimum atomic E-state index is 0.191. The molecule has 0 saturated heterocycles. The molecule has 1 atom stereocenters. The number of hydrogen-bond acceptors (Lipinski definition) is 6. The zero-order valence-corrected chi connectivity index (χ0v) is 10.4.